The first-order valence-corrected chi connectivity index (χ1v) is 15.2. The van der Waals surface area contributed by atoms with Gasteiger partial charge in [-0.25, -0.2) is 17.8 Å². The molecule has 1 aliphatic heterocycles. The molecule has 0 unspecified atom stereocenters. The highest BCUT2D eigenvalue weighted by molar-refractivity contribution is 7.91. The van der Waals surface area contributed by atoms with Gasteiger partial charge in [-0.15, -0.1) is 0 Å². The smallest absolute Gasteiger partial charge is 0.254 e. The number of nitrogens with zero attached hydrogens (tertiary/aromatic N) is 2. The van der Waals surface area contributed by atoms with E-state index in [0.29, 0.717) is 12.3 Å². The SMILES string of the molecule is CCc1c(C(=O)N2CCOc3ccc(-c4ccc5nc([C@@H](N)CC)[nH]c5c4)cc3C2)ccc(S(=O)(=O)CC)c1F. The van der Waals surface area contributed by atoms with Gasteiger partial charge in [0.05, 0.1) is 29.4 Å². The molecule has 3 N–H and O–H groups in total. The lowest BCUT2D eigenvalue weighted by Crippen LogP contribution is -2.33. The molecule has 0 spiro atoms. The normalized spacial score (nSPS) is 14.5. The number of aromatic nitrogens is 2. The molecule has 5 rings (SSSR count). The summed E-state index contributed by atoms with van der Waals surface area (Å²) in [6.45, 7) is 6.05. The van der Waals surface area contributed by atoms with Crippen LogP contribution < -0.4 is 10.5 Å². The third kappa shape index (κ3) is 5.09. The summed E-state index contributed by atoms with van der Waals surface area (Å²) in [6, 6.07) is 14.3. The van der Waals surface area contributed by atoms with Crippen LogP contribution in [0.4, 0.5) is 4.39 Å². The van der Waals surface area contributed by atoms with Crippen LogP contribution in [0.3, 0.4) is 0 Å². The number of sulfone groups is 1. The highest BCUT2D eigenvalue weighted by atomic mass is 32.2. The summed E-state index contributed by atoms with van der Waals surface area (Å²) in [5.41, 5.74) is 10.9. The lowest BCUT2D eigenvalue weighted by Gasteiger charge is -2.22. The molecule has 0 aliphatic carbocycles. The lowest BCUT2D eigenvalue weighted by molar-refractivity contribution is 0.0731. The molecule has 1 aromatic heterocycles. The van der Waals surface area contributed by atoms with E-state index in [2.05, 4.69) is 9.97 Å². The van der Waals surface area contributed by atoms with E-state index in [-0.39, 0.29) is 53.3 Å². The number of ether oxygens (including phenoxy) is 1. The van der Waals surface area contributed by atoms with Gasteiger partial charge in [0.1, 0.15) is 28.9 Å². The van der Waals surface area contributed by atoms with Gasteiger partial charge >= 0.3 is 0 Å². The van der Waals surface area contributed by atoms with Crippen molar-refractivity contribution in [2.24, 2.45) is 5.73 Å². The zero-order valence-corrected chi connectivity index (χ0v) is 23.6. The lowest BCUT2D eigenvalue weighted by atomic mass is 10.0. The number of carbonyl (C=O) groups is 1. The molecule has 1 amide bonds. The number of benzene rings is 3. The van der Waals surface area contributed by atoms with Crippen LogP contribution >= 0.6 is 0 Å². The fourth-order valence-electron chi connectivity index (χ4n) is 5.04. The van der Waals surface area contributed by atoms with Gasteiger partial charge in [-0.05, 0) is 60.4 Å². The Kier molecular flexibility index (Phi) is 7.65. The summed E-state index contributed by atoms with van der Waals surface area (Å²) in [4.78, 5) is 22.8. The summed E-state index contributed by atoms with van der Waals surface area (Å²) in [7, 11) is -3.76. The Morgan fingerprint density at radius 2 is 1.88 bits per heavy atom. The summed E-state index contributed by atoms with van der Waals surface area (Å²) in [6.07, 6.45) is 0.965. The maximum Gasteiger partial charge on any atom is 0.254 e. The molecule has 210 valence electrons. The minimum Gasteiger partial charge on any atom is -0.491 e. The van der Waals surface area contributed by atoms with Crippen molar-refractivity contribution in [2.45, 2.75) is 51.1 Å². The largest absolute Gasteiger partial charge is 0.491 e. The third-order valence-electron chi connectivity index (χ3n) is 7.46. The minimum absolute atomic E-state index is 0.105. The number of nitrogens with two attached hydrogens (primary N) is 1. The molecular formula is C30H33FN4O4S. The molecule has 3 aromatic carbocycles. The van der Waals surface area contributed by atoms with E-state index in [1.54, 1.807) is 11.8 Å². The monoisotopic (exact) mass is 564 g/mol. The standard InChI is InChI=1S/C30H33FN4O4S/c1-4-21-22(9-12-27(28(21)31)40(37,38)6-3)30(36)35-13-14-39-26-11-8-18(15-20(26)17-35)19-7-10-24-25(16-19)34-29(33-24)23(32)5-2/h7-12,15-16,23H,4-6,13-14,17,32H2,1-3H3,(H,33,34)/t23-/m0/s1. The number of amides is 1. The second-order valence-electron chi connectivity index (χ2n) is 9.93. The second-order valence-corrected chi connectivity index (χ2v) is 12.2. The Balaban J connectivity index is 1.46. The van der Waals surface area contributed by atoms with E-state index in [1.807, 2.05) is 43.3 Å². The van der Waals surface area contributed by atoms with Crippen LogP contribution in [0.2, 0.25) is 0 Å². The number of carbonyl (C=O) groups excluding carboxylic acids is 1. The van der Waals surface area contributed by atoms with E-state index in [0.717, 1.165) is 40.0 Å². The molecule has 10 heteroatoms. The first kappa shape index (κ1) is 27.8. The highest BCUT2D eigenvalue weighted by Crippen LogP contribution is 2.32. The van der Waals surface area contributed by atoms with Crippen LogP contribution in [0.25, 0.3) is 22.2 Å². The van der Waals surface area contributed by atoms with E-state index >= 15 is 4.39 Å². The second kappa shape index (κ2) is 11.0. The maximum atomic E-state index is 15.3. The predicted octanol–water partition coefficient (Wildman–Crippen LogP) is 5.17. The van der Waals surface area contributed by atoms with Crippen LogP contribution in [0.15, 0.2) is 53.4 Å². The zero-order valence-electron chi connectivity index (χ0n) is 22.8. The Labute approximate surface area is 233 Å². The van der Waals surface area contributed by atoms with Gasteiger partial charge < -0.3 is 20.4 Å². The van der Waals surface area contributed by atoms with Crippen molar-refractivity contribution in [2.75, 3.05) is 18.9 Å². The van der Waals surface area contributed by atoms with Gasteiger partial charge in [0.2, 0.25) is 0 Å². The number of imidazole rings is 1. The van der Waals surface area contributed by atoms with Gasteiger partial charge in [0.25, 0.3) is 5.91 Å². The van der Waals surface area contributed by atoms with E-state index in [4.69, 9.17) is 10.5 Å². The Morgan fingerprint density at radius 1 is 1.12 bits per heavy atom. The molecule has 0 bridgehead atoms. The number of hydrogen-bond acceptors (Lipinski definition) is 6. The fraction of sp³-hybridized carbons (Fsp3) is 0.333. The number of H-pyrrole nitrogens is 1. The minimum atomic E-state index is -3.76. The first-order chi connectivity index (χ1) is 19.2. The van der Waals surface area contributed by atoms with E-state index in [9.17, 15) is 13.2 Å². The molecule has 0 fully saturated rings. The van der Waals surface area contributed by atoms with Gasteiger partial charge in [0.15, 0.2) is 9.84 Å². The average molecular weight is 565 g/mol. The molecule has 0 saturated carbocycles. The number of halogens is 1. The summed E-state index contributed by atoms with van der Waals surface area (Å²) in [5.74, 6) is 0.00777. The van der Waals surface area contributed by atoms with Gasteiger partial charge in [-0.1, -0.05) is 32.9 Å². The Bertz CT molecular complexity index is 1700. The molecule has 0 radical (unpaired) electrons. The van der Waals surface area contributed by atoms with Crippen LogP contribution in [0.1, 0.15) is 60.5 Å². The van der Waals surface area contributed by atoms with Crippen molar-refractivity contribution in [1.29, 1.82) is 0 Å². The average Bonchev–Trinajstić information content (AvgIpc) is 3.27. The van der Waals surface area contributed by atoms with Gasteiger partial charge in [-0.3, -0.25) is 4.79 Å². The first-order valence-electron chi connectivity index (χ1n) is 13.5. The highest BCUT2D eigenvalue weighted by Gasteiger charge is 2.27. The molecule has 1 atom stereocenters. The van der Waals surface area contributed by atoms with Crippen LogP contribution in [0, 0.1) is 5.82 Å². The van der Waals surface area contributed by atoms with E-state index < -0.39 is 15.7 Å². The molecule has 2 heterocycles. The van der Waals surface area contributed by atoms with Crippen LogP contribution in [-0.2, 0) is 22.8 Å². The van der Waals surface area contributed by atoms with Gasteiger partial charge in [-0.2, -0.15) is 0 Å². The Hall–Kier alpha value is -3.76. The van der Waals surface area contributed by atoms with Crippen molar-refractivity contribution in [1.82, 2.24) is 14.9 Å². The predicted molar refractivity (Wildman–Crippen MR) is 152 cm³/mol. The zero-order chi connectivity index (χ0) is 28.6. The molecular weight excluding hydrogens is 531 g/mol. The topological polar surface area (TPSA) is 118 Å². The number of rotatable bonds is 7. The van der Waals surface area contributed by atoms with Crippen molar-refractivity contribution in [3.8, 4) is 16.9 Å². The number of fused-ring (bicyclic) bond motifs is 2. The summed E-state index contributed by atoms with van der Waals surface area (Å²) >= 11 is 0. The van der Waals surface area contributed by atoms with Crippen LogP contribution in [0.5, 0.6) is 5.75 Å². The van der Waals surface area contributed by atoms with Gasteiger partial charge in [0, 0.05) is 23.2 Å². The maximum absolute atomic E-state index is 15.3. The molecule has 40 heavy (non-hydrogen) atoms. The Morgan fingerprint density at radius 3 is 2.60 bits per heavy atom. The number of aromatic amines is 1. The third-order valence-corrected chi connectivity index (χ3v) is 9.20. The molecule has 1 aliphatic rings. The summed E-state index contributed by atoms with van der Waals surface area (Å²) < 4.78 is 46.0. The van der Waals surface area contributed by atoms with E-state index in [1.165, 1.54) is 19.1 Å². The molecule has 0 saturated heterocycles. The summed E-state index contributed by atoms with van der Waals surface area (Å²) in [5, 5.41) is 0. The number of hydrogen-bond donors (Lipinski definition) is 2. The van der Waals surface area contributed by atoms with Crippen molar-refractivity contribution >= 4 is 26.8 Å². The quantitative estimate of drug-likeness (QED) is 0.320. The van der Waals surface area contributed by atoms with Crippen molar-refractivity contribution in [3.63, 3.8) is 0 Å². The fourth-order valence-corrected chi connectivity index (χ4v) is 6.02. The van der Waals surface area contributed by atoms with Crippen molar-refractivity contribution in [3.05, 3.63) is 76.9 Å². The van der Waals surface area contributed by atoms with Crippen molar-refractivity contribution < 1.29 is 22.3 Å². The van der Waals surface area contributed by atoms with Crippen LogP contribution in [-0.4, -0.2) is 48.1 Å². The number of nitrogens with one attached hydrogen (secondary N) is 1. The molecule has 4 aromatic rings. The molecule has 8 nitrogen and oxygen atoms in total.